The summed E-state index contributed by atoms with van der Waals surface area (Å²) in [6, 6.07) is 8.93. The summed E-state index contributed by atoms with van der Waals surface area (Å²) >= 11 is 0. The van der Waals surface area contributed by atoms with E-state index in [0.717, 1.165) is 0 Å². The van der Waals surface area contributed by atoms with Crippen LogP contribution in [0, 0.1) is 0 Å². The first-order valence-corrected chi connectivity index (χ1v) is 23.8. The summed E-state index contributed by atoms with van der Waals surface area (Å²) in [6.07, 6.45) is -5.89. The Hall–Kier alpha value is -0.776. The molecule has 1 saturated heterocycles. The fourth-order valence-corrected chi connectivity index (χ4v) is 23.4. The molecule has 1 amide bonds. The molecule has 2 rings (SSSR count). The fraction of sp³-hybridized carbons (Fsp3) is 0.632. The Kier molecular flexibility index (Phi) is 10.8. The molecule has 206 valence electrons. The molecule has 0 radical (unpaired) electrons. The first kappa shape index (κ1) is 31.4. The van der Waals surface area contributed by atoms with E-state index in [1.54, 1.807) is 6.07 Å². The number of amides is 1. The van der Waals surface area contributed by atoms with Crippen LogP contribution >= 0.6 is 0 Å². The van der Waals surface area contributed by atoms with Crippen molar-refractivity contribution in [2.24, 2.45) is 0 Å². The summed E-state index contributed by atoms with van der Waals surface area (Å²) in [5.74, 6) is -7.26. The van der Waals surface area contributed by atoms with Crippen molar-refractivity contribution in [3.05, 3.63) is 30.3 Å². The molecule has 0 bridgehead atoms. The summed E-state index contributed by atoms with van der Waals surface area (Å²) in [4.78, 5) is 15.8. The Bertz CT molecular complexity index is 859. The van der Waals surface area contributed by atoms with Gasteiger partial charge in [-0.05, 0) is 54.9 Å². The zero-order valence-corrected chi connectivity index (χ0v) is 26.7. The molecule has 7 nitrogen and oxygen atoms in total. The van der Waals surface area contributed by atoms with E-state index in [0.29, 0.717) is 23.0 Å². The van der Waals surface area contributed by atoms with Crippen molar-refractivity contribution in [3.63, 3.8) is 0 Å². The zero-order chi connectivity index (χ0) is 27.4. The monoisotopic (exact) mass is 607 g/mol. The van der Waals surface area contributed by atoms with E-state index in [9.17, 15) is 26.9 Å². The van der Waals surface area contributed by atoms with E-state index in [2.05, 4.69) is 4.94 Å². The second-order valence-electron chi connectivity index (χ2n) is 9.72. The number of benzene rings is 1. The van der Waals surface area contributed by atoms with Gasteiger partial charge in [-0.3, -0.25) is 4.79 Å². The van der Waals surface area contributed by atoms with Crippen LogP contribution in [-0.2, 0) is 26.2 Å². The first-order chi connectivity index (χ1) is 16.5. The number of para-hydroxylation sites is 1. The maximum absolute atomic E-state index is 14.4. The van der Waals surface area contributed by atoms with Gasteiger partial charge < -0.3 is 21.4 Å². The predicted molar refractivity (Wildman–Crippen MR) is 138 cm³/mol. The van der Waals surface area contributed by atoms with Crippen molar-refractivity contribution in [3.8, 4) is 0 Å². The number of alkyl halides is 4. The van der Waals surface area contributed by atoms with Crippen molar-refractivity contribution >= 4 is 56.1 Å². The third-order valence-electron chi connectivity index (χ3n) is 5.92. The van der Waals surface area contributed by atoms with Gasteiger partial charge in [-0.25, -0.2) is 0 Å². The van der Waals surface area contributed by atoms with Gasteiger partial charge in [-0.15, -0.1) is 4.94 Å². The number of carbonyl (C=O) groups excluding carboxylic acids is 1. The molecule has 0 aliphatic carbocycles. The molecule has 0 spiro atoms. The number of nitrogens with zero attached hydrogens (tertiary/aromatic N) is 1. The van der Waals surface area contributed by atoms with E-state index in [1.807, 2.05) is 39.3 Å². The standard InChI is InChI=1S/C19H34F5NO6Si5/c1-32-28-33(2)30-36(6,31-34(3)29-32)15-14-35(4,5)13-12-25(16-10-8-7-9-11-16)17(26)18(20,27-24)19(21,22)23/h7-11,32-34H,12-15H2,1-6H3. The normalized spacial score (nSPS) is 27.6. The molecule has 3 unspecified atom stereocenters. The Morgan fingerprint density at radius 3 is 2.00 bits per heavy atom. The minimum atomic E-state index is -5.89. The third kappa shape index (κ3) is 8.36. The molecule has 1 aromatic carbocycles. The highest BCUT2D eigenvalue weighted by atomic mass is 28.5. The lowest BCUT2D eigenvalue weighted by molar-refractivity contribution is -0.380. The van der Waals surface area contributed by atoms with E-state index < -0.39 is 62.4 Å². The maximum atomic E-state index is 14.4. The minimum absolute atomic E-state index is 0.0101. The van der Waals surface area contributed by atoms with Crippen LogP contribution < -0.4 is 4.90 Å². The van der Waals surface area contributed by atoms with E-state index in [4.69, 9.17) is 16.5 Å². The van der Waals surface area contributed by atoms with Crippen molar-refractivity contribution in [1.29, 1.82) is 0 Å². The number of halogens is 5. The molecule has 3 atom stereocenters. The fourth-order valence-electron chi connectivity index (χ4n) is 3.91. The van der Waals surface area contributed by atoms with Crippen molar-refractivity contribution in [2.75, 3.05) is 11.4 Å². The number of hydrogen-bond donors (Lipinski definition) is 0. The summed E-state index contributed by atoms with van der Waals surface area (Å²) in [5, 5.41) is 0. The van der Waals surface area contributed by atoms with Crippen LogP contribution in [0.15, 0.2) is 30.3 Å². The summed E-state index contributed by atoms with van der Waals surface area (Å²) < 4.78 is 91.3. The van der Waals surface area contributed by atoms with E-state index in [1.165, 1.54) is 24.3 Å². The molecule has 1 aliphatic rings. The van der Waals surface area contributed by atoms with Gasteiger partial charge in [-0.2, -0.15) is 17.6 Å². The number of carbonyl (C=O) groups is 1. The lowest BCUT2D eigenvalue weighted by Crippen LogP contribution is -2.56. The molecule has 1 aromatic rings. The quantitative estimate of drug-likeness (QED) is 0.303. The third-order valence-corrected chi connectivity index (χ3v) is 23.5. The molecule has 17 heteroatoms. The molecule has 1 aliphatic heterocycles. The van der Waals surface area contributed by atoms with Crippen molar-refractivity contribution in [1.82, 2.24) is 0 Å². The van der Waals surface area contributed by atoms with Crippen LogP contribution in [0.4, 0.5) is 27.8 Å². The molecule has 0 N–H and O–H groups in total. The number of anilines is 1. The van der Waals surface area contributed by atoms with Crippen LogP contribution in [0.1, 0.15) is 0 Å². The van der Waals surface area contributed by atoms with E-state index >= 15 is 0 Å². The van der Waals surface area contributed by atoms with Gasteiger partial charge in [0.1, 0.15) is 0 Å². The number of rotatable bonds is 9. The summed E-state index contributed by atoms with van der Waals surface area (Å²) in [5.41, 5.74) is 0.0101. The molecule has 1 heterocycles. The average molecular weight is 608 g/mol. The van der Waals surface area contributed by atoms with Gasteiger partial charge in [0.2, 0.25) is 0 Å². The summed E-state index contributed by atoms with van der Waals surface area (Å²) in [6.45, 7) is 11.6. The Balaban J connectivity index is 2.16. The lowest BCUT2D eigenvalue weighted by Gasteiger charge is -2.38. The first-order valence-electron chi connectivity index (χ1n) is 11.6. The van der Waals surface area contributed by atoms with Crippen LogP contribution in [0.5, 0.6) is 0 Å². The molecule has 1 fully saturated rings. The van der Waals surface area contributed by atoms with Gasteiger partial charge in [0.05, 0.1) is 0 Å². The predicted octanol–water partition coefficient (Wildman–Crippen LogP) is 4.56. The Labute approximate surface area is 215 Å². The van der Waals surface area contributed by atoms with Crippen molar-refractivity contribution < 1.29 is 48.3 Å². The second-order valence-corrected chi connectivity index (χ2v) is 25.3. The smallest absolute Gasteiger partial charge is 0.420 e. The van der Waals surface area contributed by atoms with E-state index in [-0.39, 0.29) is 12.2 Å². The van der Waals surface area contributed by atoms with Crippen LogP contribution in [0.3, 0.4) is 0 Å². The Morgan fingerprint density at radius 1 is 1.00 bits per heavy atom. The van der Waals surface area contributed by atoms with Gasteiger partial charge in [0.25, 0.3) is 27.9 Å². The highest BCUT2D eigenvalue weighted by Crippen LogP contribution is 2.38. The second kappa shape index (κ2) is 12.4. The topological polar surface area (TPSA) is 66.5 Å². The molecule has 36 heavy (non-hydrogen) atoms. The Morgan fingerprint density at radius 2 is 1.53 bits per heavy atom. The van der Waals surface area contributed by atoms with Crippen LogP contribution in [-0.4, -0.2) is 69.0 Å². The van der Waals surface area contributed by atoms with Crippen LogP contribution in [0.25, 0.3) is 0 Å². The average Bonchev–Trinajstić information content (AvgIpc) is 2.76. The van der Waals surface area contributed by atoms with Gasteiger partial charge in [0, 0.05) is 20.3 Å². The lowest BCUT2D eigenvalue weighted by atomic mass is 10.2. The minimum Gasteiger partial charge on any atom is -0.420 e. The van der Waals surface area contributed by atoms with Gasteiger partial charge >= 0.3 is 26.5 Å². The number of hydrogen-bond acceptors (Lipinski definition) is 6. The molecule has 0 saturated carbocycles. The highest BCUT2D eigenvalue weighted by molar-refractivity contribution is 6.84. The van der Waals surface area contributed by atoms with Crippen molar-refractivity contribution in [2.45, 2.75) is 69.4 Å². The molecular formula is C19H34F5NO6Si5. The highest BCUT2D eigenvalue weighted by Gasteiger charge is 2.66. The van der Waals surface area contributed by atoms with Gasteiger partial charge in [-0.1, -0.05) is 37.3 Å². The maximum Gasteiger partial charge on any atom is 0.461 e. The summed E-state index contributed by atoms with van der Waals surface area (Å²) in [7, 11) is -10.4. The van der Waals surface area contributed by atoms with Crippen LogP contribution in [0.2, 0.25) is 57.4 Å². The molecule has 0 aromatic heterocycles. The largest absolute Gasteiger partial charge is 0.461 e. The SMILES string of the molecule is C[SiH]1O[SiH](C)O[Si](C)(CC[Si](C)(C)CCN(C(=O)C(F)(OF)C(F)(F)F)c2ccccc2)O[SiH](C)O1. The zero-order valence-electron chi connectivity index (χ0n) is 21.2. The van der Waals surface area contributed by atoms with Gasteiger partial charge in [0.15, 0.2) is 0 Å². The molecular weight excluding hydrogens is 574 g/mol.